The molecule has 1 aliphatic carbocycles. The molecule has 0 aromatic heterocycles. The molecule has 128 valence electrons. The topological polar surface area (TPSA) is 59.0 Å². The van der Waals surface area contributed by atoms with Crippen molar-refractivity contribution < 1.29 is 19.4 Å². The Bertz CT molecular complexity index is 502. The van der Waals surface area contributed by atoms with E-state index >= 15 is 0 Å². The van der Waals surface area contributed by atoms with Crippen LogP contribution in [-0.4, -0.2) is 55.4 Å². The van der Waals surface area contributed by atoms with Crippen LogP contribution in [0.1, 0.15) is 36.5 Å². The summed E-state index contributed by atoms with van der Waals surface area (Å²) in [6, 6.07) is 6.82. The van der Waals surface area contributed by atoms with Crippen LogP contribution >= 0.6 is 0 Å². The molecule has 5 heteroatoms. The van der Waals surface area contributed by atoms with Crippen molar-refractivity contribution in [3.63, 3.8) is 0 Å². The first-order valence-corrected chi connectivity index (χ1v) is 8.34. The Kier molecular flexibility index (Phi) is 6.86. The van der Waals surface area contributed by atoms with E-state index in [4.69, 9.17) is 4.74 Å². The summed E-state index contributed by atoms with van der Waals surface area (Å²) in [4.78, 5) is 13.8. The van der Waals surface area contributed by atoms with Crippen LogP contribution in [0.5, 0.6) is 5.75 Å². The number of esters is 1. The first-order valence-electron chi connectivity index (χ1n) is 8.34. The van der Waals surface area contributed by atoms with Gasteiger partial charge in [0.2, 0.25) is 0 Å². The highest BCUT2D eigenvalue weighted by Gasteiger charge is 2.25. The second kappa shape index (κ2) is 8.89. The van der Waals surface area contributed by atoms with Gasteiger partial charge in [-0.2, -0.15) is 0 Å². The molecule has 1 aromatic carbocycles. The minimum absolute atomic E-state index is 0.218. The van der Waals surface area contributed by atoms with Crippen molar-refractivity contribution in [2.45, 2.75) is 32.3 Å². The summed E-state index contributed by atoms with van der Waals surface area (Å²) in [6.45, 7) is 5.08. The van der Waals surface area contributed by atoms with Gasteiger partial charge in [0.25, 0.3) is 0 Å². The van der Waals surface area contributed by atoms with Crippen LogP contribution < -0.4 is 4.74 Å². The van der Waals surface area contributed by atoms with E-state index in [2.05, 4.69) is 16.6 Å². The molecular formula is C18H27NO4. The van der Waals surface area contributed by atoms with Crippen molar-refractivity contribution >= 4 is 5.97 Å². The Balaban J connectivity index is 1.80. The van der Waals surface area contributed by atoms with E-state index in [0.717, 1.165) is 25.4 Å². The van der Waals surface area contributed by atoms with E-state index in [1.54, 1.807) is 24.3 Å². The Morgan fingerprint density at radius 2 is 2.22 bits per heavy atom. The van der Waals surface area contributed by atoms with Crippen molar-refractivity contribution in [2.75, 3.05) is 33.4 Å². The molecule has 0 radical (unpaired) electrons. The number of rotatable bonds is 10. The Morgan fingerprint density at radius 1 is 1.43 bits per heavy atom. The Labute approximate surface area is 138 Å². The predicted molar refractivity (Wildman–Crippen MR) is 88.7 cm³/mol. The zero-order chi connectivity index (χ0) is 16.7. The minimum atomic E-state index is -0.540. The average Bonchev–Trinajstić information content (AvgIpc) is 3.36. The van der Waals surface area contributed by atoms with Crippen LogP contribution in [0.25, 0.3) is 0 Å². The van der Waals surface area contributed by atoms with Crippen molar-refractivity contribution in [3.05, 3.63) is 29.8 Å². The fraction of sp³-hybridized carbons (Fsp3) is 0.611. The molecule has 1 saturated carbocycles. The molecule has 23 heavy (non-hydrogen) atoms. The van der Waals surface area contributed by atoms with Crippen LogP contribution in [0, 0.1) is 5.92 Å². The summed E-state index contributed by atoms with van der Waals surface area (Å²) >= 11 is 0. The van der Waals surface area contributed by atoms with Crippen LogP contribution in [0.15, 0.2) is 24.3 Å². The molecule has 0 amide bonds. The van der Waals surface area contributed by atoms with E-state index in [1.807, 2.05) is 0 Å². The number of carbonyl (C=O) groups excluding carboxylic acids is 1. The molecule has 0 heterocycles. The van der Waals surface area contributed by atoms with Crippen molar-refractivity contribution in [3.8, 4) is 5.75 Å². The summed E-state index contributed by atoms with van der Waals surface area (Å²) in [6.07, 6.45) is 3.17. The van der Waals surface area contributed by atoms with Gasteiger partial charge >= 0.3 is 5.97 Å². The minimum Gasteiger partial charge on any atom is -0.491 e. The van der Waals surface area contributed by atoms with E-state index in [1.165, 1.54) is 20.0 Å². The molecule has 0 aliphatic heterocycles. The molecular weight excluding hydrogens is 294 g/mol. The van der Waals surface area contributed by atoms with Gasteiger partial charge < -0.3 is 19.5 Å². The quantitative estimate of drug-likeness (QED) is 0.670. The Morgan fingerprint density at radius 3 is 2.87 bits per heavy atom. The van der Waals surface area contributed by atoms with E-state index in [-0.39, 0.29) is 6.61 Å². The molecule has 1 N–H and O–H groups in total. The highest BCUT2D eigenvalue weighted by molar-refractivity contribution is 5.89. The number of benzene rings is 1. The van der Waals surface area contributed by atoms with Gasteiger partial charge in [0, 0.05) is 13.1 Å². The third-order valence-corrected chi connectivity index (χ3v) is 3.92. The number of hydrogen-bond donors (Lipinski definition) is 1. The van der Waals surface area contributed by atoms with Gasteiger partial charge in [-0.1, -0.05) is 13.0 Å². The van der Waals surface area contributed by atoms with E-state index in [9.17, 15) is 9.90 Å². The van der Waals surface area contributed by atoms with E-state index in [0.29, 0.717) is 17.9 Å². The highest BCUT2D eigenvalue weighted by atomic mass is 16.5. The summed E-state index contributed by atoms with van der Waals surface area (Å²) in [5.74, 6) is 0.983. The SMILES string of the molecule is CCCN(CC(O)COc1cccc(C(=O)OC)c1)CC1CC1. The maximum absolute atomic E-state index is 11.5. The molecule has 1 aliphatic rings. The molecule has 1 aromatic rings. The summed E-state index contributed by atoms with van der Waals surface area (Å²) in [5.41, 5.74) is 0.445. The molecule has 0 saturated heterocycles. The van der Waals surface area contributed by atoms with Crippen molar-refractivity contribution in [2.24, 2.45) is 5.92 Å². The molecule has 5 nitrogen and oxygen atoms in total. The highest BCUT2D eigenvalue weighted by Crippen LogP contribution is 2.29. The van der Waals surface area contributed by atoms with Crippen LogP contribution in [-0.2, 0) is 4.74 Å². The summed E-state index contributed by atoms with van der Waals surface area (Å²) in [5, 5.41) is 10.2. The fourth-order valence-electron chi connectivity index (χ4n) is 2.61. The molecule has 2 rings (SSSR count). The molecule has 1 unspecified atom stereocenters. The standard InChI is InChI=1S/C18H27NO4/c1-3-9-19(11-14-7-8-14)12-16(20)13-23-17-6-4-5-15(10-17)18(21)22-2/h4-6,10,14,16,20H,3,7-9,11-13H2,1-2H3. The zero-order valence-electron chi connectivity index (χ0n) is 14.0. The molecule has 0 spiro atoms. The number of carbonyl (C=O) groups is 1. The smallest absolute Gasteiger partial charge is 0.337 e. The van der Waals surface area contributed by atoms with Crippen LogP contribution in [0.2, 0.25) is 0 Å². The number of ether oxygens (including phenoxy) is 2. The lowest BCUT2D eigenvalue weighted by Crippen LogP contribution is -2.37. The number of aliphatic hydroxyl groups excluding tert-OH is 1. The van der Waals surface area contributed by atoms with E-state index < -0.39 is 12.1 Å². The second-order valence-corrected chi connectivity index (χ2v) is 6.19. The predicted octanol–water partition coefficient (Wildman–Crippen LogP) is 2.33. The van der Waals surface area contributed by atoms with Gasteiger partial charge in [-0.3, -0.25) is 0 Å². The largest absolute Gasteiger partial charge is 0.491 e. The van der Waals surface area contributed by atoms with Gasteiger partial charge in [-0.25, -0.2) is 4.79 Å². The summed E-state index contributed by atoms with van der Waals surface area (Å²) < 4.78 is 10.3. The molecule has 1 fully saturated rings. The van der Waals surface area contributed by atoms with Crippen molar-refractivity contribution in [1.82, 2.24) is 4.90 Å². The number of nitrogens with zero attached hydrogens (tertiary/aromatic N) is 1. The third kappa shape index (κ3) is 6.20. The lowest BCUT2D eigenvalue weighted by Gasteiger charge is -2.24. The first-order chi connectivity index (χ1) is 11.1. The van der Waals surface area contributed by atoms with Gasteiger partial charge in [-0.15, -0.1) is 0 Å². The molecule has 0 bridgehead atoms. The second-order valence-electron chi connectivity index (χ2n) is 6.19. The average molecular weight is 321 g/mol. The number of hydrogen-bond acceptors (Lipinski definition) is 5. The van der Waals surface area contributed by atoms with Gasteiger partial charge in [0.15, 0.2) is 0 Å². The zero-order valence-corrected chi connectivity index (χ0v) is 14.0. The maximum Gasteiger partial charge on any atom is 0.337 e. The lowest BCUT2D eigenvalue weighted by atomic mass is 10.2. The van der Waals surface area contributed by atoms with Gasteiger partial charge in [-0.05, 0) is 49.9 Å². The number of methoxy groups -OCH3 is 1. The normalized spacial score (nSPS) is 15.5. The monoisotopic (exact) mass is 321 g/mol. The molecule has 1 atom stereocenters. The number of aliphatic hydroxyl groups is 1. The third-order valence-electron chi connectivity index (χ3n) is 3.92. The maximum atomic E-state index is 11.5. The van der Waals surface area contributed by atoms with Gasteiger partial charge in [0.05, 0.1) is 12.7 Å². The van der Waals surface area contributed by atoms with Crippen LogP contribution in [0.3, 0.4) is 0 Å². The summed E-state index contributed by atoms with van der Waals surface area (Å²) in [7, 11) is 1.35. The lowest BCUT2D eigenvalue weighted by molar-refractivity contribution is 0.0598. The first kappa shape index (κ1) is 17.8. The van der Waals surface area contributed by atoms with Crippen LogP contribution in [0.4, 0.5) is 0 Å². The Hall–Kier alpha value is -1.59. The van der Waals surface area contributed by atoms with Crippen molar-refractivity contribution in [1.29, 1.82) is 0 Å². The fourth-order valence-corrected chi connectivity index (χ4v) is 2.61. The van der Waals surface area contributed by atoms with Gasteiger partial charge in [0.1, 0.15) is 18.5 Å².